The first-order valence-corrected chi connectivity index (χ1v) is 9.76. The Kier molecular flexibility index (Phi) is 8.27. The Hall–Kier alpha value is -1.90. The Labute approximate surface area is 172 Å². The van der Waals surface area contributed by atoms with Crippen LogP contribution in [0.15, 0.2) is 65.7 Å². The normalized spacial score (nSPS) is 12.9. The molecule has 2 rings (SSSR count). The lowest BCUT2D eigenvalue weighted by atomic mass is 9.91. The molecule has 2 aromatic carbocycles. The van der Waals surface area contributed by atoms with Gasteiger partial charge in [0.1, 0.15) is 18.1 Å². The van der Waals surface area contributed by atoms with Gasteiger partial charge in [0.05, 0.1) is 12.1 Å². The summed E-state index contributed by atoms with van der Waals surface area (Å²) in [4.78, 5) is 0. The van der Waals surface area contributed by atoms with E-state index in [1.165, 1.54) is 0 Å². The summed E-state index contributed by atoms with van der Waals surface area (Å²) in [6, 6.07) is 15.7. The summed E-state index contributed by atoms with van der Waals surface area (Å²) < 4.78 is 11.7. The van der Waals surface area contributed by atoms with Gasteiger partial charge in [0, 0.05) is 10.6 Å². The lowest BCUT2D eigenvalue weighted by molar-refractivity contribution is 0.305. The molecule has 0 saturated carbocycles. The largest absolute Gasteiger partial charge is 0.496 e. The summed E-state index contributed by atoms with van der Waals surface area (Å²) >= 11 is 12.4. The van der Waals surface area contributed by atoms with Crippen molar-refractivity contribution < 1.29 is 9.47 Å². The van der Waals surface area contributed by atoms with Crippen LogP contribution in [0, 0.1) is 5.92 Å². The first-order chi connectivity index (χ1) is 13.0. The molecule has 1 atom stereocenters. The van der Waals surface area contributed by atoms with Gasteiger partial charge >= 0.3 is 0 Å². The van der Waals surface area contributed by atoms with E-state index in [1.807, 2.05) is 48.5 Å². The van der Waals surface area contributed by atoms with Crippen LogP contribution < -0.4 is 4.74 Å². The molecule has 0 aliphatic heterocycles. The van der Waals surface area contributed by atoms with Crippen molar-refractivity contribution in [3.8, 4) is 5.75 Å². The second-order valence-electron chi connectivity index (χ2n) is 6.46. The number of methoxy groups -OCH3 is 1. The highest BCUT2D eigenvalue weighted by molar-refractivity contribution is 6.32. The summed E-state index contributed by atoms with van der Waals surface area (Å²) in [5, 5.41) is 1.23. The van der Waals surface area contributed by atoms with E-state index < -0.39 is 0 Å². The highest BCUT2D eigenvalue weighted by atomic mass is 35.5. The average Bonchev–Trinajstić information content (AvgIpc) is 2.67. The van der Waals surface area contributed by atoms with Crippen LogP contribution in [0.2, 0.25) is 5.02 Å². The third-order valence-electron chi connectivity index (χ3n) is 4.57. The van der Waals surface area contributed by atoms with Gasteiger partial charge in [-0.1, -0.05) is 67.0 Å². The molecule has 144 valence electrons. The van der Waals surface area contributed by atoms with Crippen LogP contribution in [0.4, 0.5) is 0 Å². The van der Waals surface area contributed by atoms with E-state index in [9.17, 15) is 0 Å². The first kappa shape index (κ1) is 21.4. The molecular formula is C23H26Cl2O2. The molecule has 0 saturated heterocycles. The van der Waals surface area contributed by atoms with Gasteiger partial charge in [0.2, 0.25) is 0 Å². The Bertz CT molecular complexity index is 797. The number of allylic oxidation sites excluding steroid dienone is 2. The van der Waals surface area contributed by atoms with Crippen molar-refractivity contribution in [3.63, 3.8) is 0 Å². The molecular weight excluding hydrogens is 379 g/mol. The minimum absolute atomic E-state index is 0.273. The molecule has 4 heteroatoms. The Morgan fingerprint density at radius 1 is 1.15 bits per heavy atom. The van der Waals surface area contributed by atoms with E-state index in [-0.39, 0.29) is 5.92 Å². The van der Waals surface area contributed by atoms with Crippen LogP contribution in [-0.4, -0.2) is 7.11 Å². The van der Waals surface area contributed by atoms with E-state index >= 15 is 0 Å². The molecule has 0 aliphatic rings. The fourth-order valence-electron chi connectivity index (χ4n) is 3.05. The van der Waals surface area contributed by atoms with Gasteiger partial charge in [-0.25, -0.2) is 0 Å². The lowest BCUT2D eigenvalue weighted by Gasteiger charge is -2.20. The van der Waals surface area contributed by atoms with Gasteiger partial charge in [-0.15, -0.1) is 0 Å². The molecule has 2 aromatic rings. The minimum Gasteiger partial charge on any atom is -0.496 e. The summed E-state index contributed by atoms with van der Waals surface area (Å²) in [5.41, 5.74) is 3.16. The van der Waals surface area contributed by atoms with Gasteiger partial charge in [-0.3, -0.25) is 0 Å². The Morgan fingerprint density at radius 2 is 1.85 bits per heavy atom. The molecule has 1 unspecified atom stereocenters. The molecule has 0 amide bonds. The fourth-order valence-corrected chi connectivity index (χ4v) is 3.41. The maximum atomic E-state index is 6.34. The van der Waals surface area contributed by atoms with Gasteiger partial charge in [-0.2, -0.15) is 0 Å². The summed E-state index contributed by atoms with van der Waals surface area (Å²) in [5.74, 6) is 1.73. The smallest absolute Gasteiger partial charge is 0.139 e. The highest BCUT2D eigenvalue weighted by Gasteiger charge is 2.17. The number of ether oxygens (including phenoxy) is 2. The van der Waals surface area contributed by atoms with E-state index in [0.717, 1.165) is 35.3 Å². The van der Waals surface area contributed by atoms with Crippen LogP contribution >= 0.6 is 23.2 Å². The van der Waals surface area contributed by atoms with E-state index in [4.69, 9.17) is 32.7 Å². The summed E-state index contributed by atoms with van der Waals surface area (Å²) in [7, 11) is 1.68. The van der Waals surface area contributed by atoms with E-state index in [2.05, 4.69) is 20.4 Å². The zero-order valence-corrected chi connectivity index (χ0v) is 17.6. The molecule has 0 radical (unpaired) electrons. The fraction of sp³-hybridized carbons (Fsp3) is 0.304. The monoisotopic (exact) mass is 404 g/mol. The Morgan fingerprint density at radius 3 is 2.44 bits per heavy atom. The second kappa shape index (κ2) is 10.4. The number of rotatable bonds is 9. The quantitative estimate of drug-likeness (QED) is 0.403. The van der Waals surface area contributed by atoms with Crippen LogP contribution in [0.25, 0.3) is 5.76 Å². The van der Waals surface area contributed by atoms with E-state index in [0.29, 0.717) is 22.4 Å². The van der Waals surface area contributed by atoms with E-state index in [1.54, 1.807) is 7.11 Å². The molecule has 27 heavy (non-hydrogen) atoms. The zero-order valence-electron chi connectivity index (χ0n) is 16.1. The molecule has 0 fully saturated rings. The van der Waals surface area contributed by atoms with Gasteiger partial charge in [-0.05, 0) is 55.0 Å². The van der Waals surface area contributed by atoms with Crippen molar-refractivity contribution in [3.05, 3.63) is 81.9 Å². The number of benzene rings is 2. The van der Waals surface area contributed by atoms with Crippen molar-refractivity contribution >= 4 is 29.0 Å². The Balaban J connectivity index is 2.30. The highest BCUT2D eigenvalue weighted by Crippen LogP contribution is 2.34. The first-order valence-electron chi connectivity index (χ1n) is 9.00. The van der Waals surface area contributed by atoms with Crippen LogP contribution in [0.1, 0.15) is 37.8 Å². The predicted octanol–water partition coefficient (Wildman–Crippen LogP) is 7.47. The SMILES string of the molecule is C=C(Cl)CC(CC)/C(C)=C(/OC)c1ccc(Cl)c(OCc2ccccc2)c1. The van der Waals surface area contributed by atoms with Gasteiger partial charge < -0.3 is 9.47 Å². The van der Waals surface area contributed by atoms with Crippen molar-refractivity contribution in [1.29, 1.82) is 0 Å². The van der Waals surface area contributed by atoms with Crippen LogP contribution in [0.3, 0.4) is 0 Å². The molecule has 0 bridgehead atoms. The third-order valence-corrected chi connectivity index (χ3v) is 5.03. The minimum atomic E-state index is 0.273. The van der Waals surface area contributed by atoms with Gasteiger partial charge in [0.25, 0.3) is 0 Å². The summed E-state index contributed by atoms with van der Waals surface area (Å²) in [6.45, 7) is 8.50. The maximum absolute atomic E-state index is 6.34. The molecule has 0 aromatic heterocycles. The predicted molar refractivity (Wildman–Crippen MR) is 115 cm³/mol. The number of hydrogen-bond acceptors (Lipinski definition) is 2. The standard InChI is InChI=1S/C23H26Cl2O2/c1-5-19(13-16(2)24)17(3)23(26-4)20-11-12-21(25)22(14-20)27-15-18-9-7-6-8-10-18/h6-12,14,19H,2,5,13,15H2,1,3-4H3/b23-17+. The van der Waals surface area contributed by atoms with Crippen molar-refractivity contribution in [2.75, 3.05) is 7.11 Å². The topological polar surface area (TPSA) is 18.5 Å². The second-order valence-corrected chi connectivity index (χ2v) is 7.40. The molecule has 0 heterocycles. The molecule has 0 N–H and O–H groups in total. The number of halogens is 2. The van der Waals surface area contributed by atoms with Gasteiger partial charge in [0.15, 0.2) is 0 Å². The van der Waals surface area contributed by atoms with Crippen molar-refractivity contribution in [1.82, 2.24) is 0 Å². The molecule has 2 nitrogen and oxygen atoms in total. The van der Waals surface area contributed by atoms with Crippen molar-refractivity contribution in [2.45, 2.75) is 33.3 Å². The molecule has 0 spiro atoms. The summed E-state index contributed by atoms with van der Waals surface area (Å²) in [6.07, 6.45) is 1.68. The molecule has 0 aliphatic carbocycles. The maximum Gasteiger partial charge on any atom is 0.139 e. The van der Waals surface area contributed by atoms with Crippen LogP contribution in [-0.2, 0) is 11.3 Å². The van der Waals surface area contributed by atoms with Crippen molar-refractivity contribution in [2.24, 2.45) is 5.92 Å². The van der Waals surface area contributed by atoms with Crippen LogP contribution in [0.5, 0.6) is 5.75 Å². The average molecular weight is 405 g/mol. The number of hydrogen-bond donors (Lipinski definition) is 0. The third kappa shape index (κ3) is 6.05. The zero-order chi connectivity index (χ0) is 19.8. The lowest BCUT2D eigenvalue weighted by Crippen LogP contribution is -2.05.